The summed E-state index contributed by atoms with van der Waals surface area (Å²) >= 11 is 0. The Hall–Kier alpha value is -3.17. The molecule has 0 radical (unpaired) electrons. The third kappa shape index (κ3) is 3.92. The maximum Gasteiger partial charge on any atom is 0.328 e. The number of hydrogen-bond donors (Lipinski definition) is 3. The van der Waals surface area contributed by atoms with Crippen LogP contribution < -0.4 is 20.1 Å². The molecule has 3 N–H and O–H groups in total. The summed E-state index contributed by atoms with van der Waals surface area (Å²) in [5.74, 6) is 0.907. The van der Waals surface area contributed by atoms with E-state index in [1.54, 1.807) is 13.2 Å². The molecule has 0 aromatic heterocycles. The quantitative estimate of drug-likeness (QED) is 0.377. The van der Waals surface area contributed by atoms with Gasteiger partial charge >= 0.3 is 6.03 Å². The summed E-state index contributed by atoms with van der Waals surface area (Å²) in [6, 6.07) is 3.95. The molecule has 5 aliphatic rings. The number of nitrogens with zero attached hydrogens (tertiary/aromatic N) is 1. The number of likely N-dealkylation sites (tertiary alicyclic amines) is 1. The highest BCUT2D eigenvalue weighted by molar-refractivity contribution is 6.19. The Balaban J connectivity index is 0.000000165. The molecule has 1 aromatic carbocycles. The number of barbiturate groups is 1. The first-order chi connectivity index (χ1) is 18.6. The maximum absolute atomic E-state index is 12.0. The van der Waals surface area contributed by atoms with Gasteiger partial charge in [-0.1, -0.05) is 44.6 Å². The van der Waals surface area contributed by atoms with Gasteiger partial charge in [0.05, 0.1) is 7.11 Å². The highest BCUT2D eigenvalue weighted by Gasteiger charge is 2.64. The van der Waals surface area contributed by atoms with Crippen molar-refractivity contribution in [1.29, 1.82) is 0 Å². The molecule has 1 spiro atoms. The normalized spacial score (nSPS) is 32.1. The molecule has 6 rings (SSSR count). The molecule has 6 atom stereocenters. The average molecular weight is 538 g/mol. The molecule has 2 aliphatic carbocycles. The molecule has 2 bridgehead atoms. The van der Waals surface area contributed by atoms with Gasteiger partial charge in [0.2, 0.25) is 11.8 Å². The molecular weight excluding hydrogens is 498 g/mol. The molecule has 4 amide bonds. The van der Waals surface area contributed by atoms with E-state index >= 15 is 0 Å². The average Bonchev–Trinajstić information content (AvgIpc) is 3.25. The van der Waals surface area contributed by atoms with Crippen molar-refractivity contribution in [1.82, 2.24) is 15.5 Å². The van der Waals surface area contributed by atoms with Crippen LogP contribution in [0.2, 0.25) is 0 Å². The van der Waals surface area contributed by atoms with Crippen LogP contribution >= 0.6 is 0 Å². The van der Waals surface area contributed by atoms with Gasteiger partial charge in [0.15, 0.2) is 11.5 Å². The summed E-state index contributed by atoms with van der Waals surface area (Å²) in [7, 11) is 3.91. The fourth-order valence-electron chi connectivity index (χ4n) is 7.69. The van der Waals surface area contributed by atoms with Gasteiger partial charge in [-0.3, -0.25) is 20.2 Å². The number of imide groups is 2. The van der Waals surface area contributed by atoms with Crippen LogP contribution in [0.25, 0.3) is 0 Å². The molecule has 9 nitrogen and oxygen atoms in total. The second-order valence-electron chi connectivity index (χ2n) is 11.5. The number of aliphatic hydroxyl groups excluding tert-OH is 1. The maximum atomic E-state index is 12.0. The Morgan fingerprint density at radius 2 is 1.97 bits per heavy atom. The third-order valence-electron chi connectivity index (χ3n) is 9.65. The number of benzene rings is 1. The van der Waals surface area contributed by atoms with Crippen LogP contribution in [0, 0.1) is 17.3 Å². The largest absolute Gasteiger partial charge is 0.493 e. The summed E-state index contributed by atoms with van der Waals surface area (Å²) in [6.45, 7) is 8.48. The Morgan fingerprint density at radius 3 is 2.62 bits per heavy atom. The first-order valence-corrected chi connectivity index (χ1v) is 13.9. The monoisotopic (exact) mass is 537 g/mol. The van der Waals surface area contributed by atoms with Crippen molar-refractivity contribution >= 4 is 17.8 Å². The predicted molar refractivity (Wildman–Crippen MR) is 145 cm³/mol. The molecule has 3 aliphatic heterocycles. The van der Waals surface area contributed by atoms with E-state index in [4.69, 9.17) is 9.47 Å². The lowest BCUT2D eigenvalue weighted by Gasteiger charge is -2.56. The van der Waals surface area contributed by atoms with Gasteiger partial charge in [0.1, 0.15) is 17.6 Å². The third-order valence-corrected chi connectivity index (χ3v) is 9.65. The van der Waals surface area contributed by atoms with Crippen LogP contribution in [0.4, 0.5) is 4.79 Å². The lowest BCUT2D eigenvalue weighted by atomic mass is 9.53. The van der Waals surface area contributed by atoms with Gasteiger partial charge in [0.25, 0.3) is 0 Å². The van der Waals surface area contributed by atoms with Gasteiger partial charge in [-0.05, 0) is 56.8 Å². The number of carbonyl (C=O) groups excluding carboxylic acids is 3. The van der Waals surface area contributed by atoms with Crippen molar-refractivity contribution in [2.24, 2.45) is 17.3 Å². The van der Waals surface area contributed by atoms with Crippen molar-refractivity contribution in [2.45, 2.75) is 69.6 Å². The van der Waals surface area contributed by atoms with Gasteiger partial charge in [-0.2, -0.15) is 0 Å². The van der Waals surface area contributed by atoms with E-state index in [9.17, 15) is 19.5 Å². The van der Waals surface area contributed by atoms with Crippen molar-refractivity contribution < 1.29 is 29.0 Å². The van der Waals surface area contributed by atoms with Gasteiger partial charge in [-0.25, -0.2) is 4.79 Å². The zero-order valence-corrected chi connectivity index (χ0v) is 23.2. The summed E-state index contributed by atoms with van der Waals surface area (Å²) in [6.07, 6.45) is 8.92. The second kappa shape index (κ2) is 10.1. The molecule has 39 heavy (non-hydrogen) atoms. The second-order valence-corrected chi connectivity index (χ2v) is 11.5. The predicted octanol–water partition coefficient (Wildman–Crippen LogP) is 2.85. The minimum atomic E-state index is -1.20. The molecule has 0 saturated carbocycles. The minimum Gasteiger partial charge on any atom is -0.493 e. The van der Waals surface area contributed by atoms with Crippen LogP contribution in [0.5, 0.6) is 11.5 Å². The standard InChI is InChI=1S/C18H21NO3.C12H18N2O3/c1-19-8-7-18-11-4-5-13(20)17(18)22-16-14(21-2)6-3-10(15(16)18)9-12(11)19;1-4-6-8(3)12(7-5-2)9(15)13-11(17)14-10(12)16/h3-6,11-13,17,20H,7-9H2,1-2H3;5,8H,2,4,6-7H2,1,3H3,(H2,13,14,15,16,17)/t11-,12+,13-,17-,18-;/m0./s1. The number of urea groups is 1. The number of ether oxygens (including phenoxy) is 2. The van der Waals surface area contributed by atoms with E-state index in [1.807, 2.05) is 26.0 Å². The summed E-state index contributed by atoms with van der Waals surface area (Å²) in [5.41, 5.74) is 1.40. The first-order valence-electron chi connectivity index (χ1n) is 13.9. The Bertz CT molecular complexity index is 1210. The van der Waals surface area contributed by atoms with Crippen LogP contribution in [0.1, 0.15) is 50.7 Å². The Labute approximate surface area is 229 Å². The van der Waals surface area contributed by atoms with E-state index in [0.29, 0.717) is 12.0 Å². The number of rotatable bonds is 6. The molecule has 2 fully saturated rings. The number of carbonyl (C=O) groups is 3. The number of nitrogens with one attached hydrogen (secondary N) is 2. The number of amides is 4. The minimum absolute atomic E-state index is 0.0806. The van der Waals surface area contributed by atoms with E-state index in [1.165, 1.54) is 11.1 Å². The van der Waals surface area contributed by atoms with Crippen molar-refractivity contribution in [3.05, 3.63) is 48.1 Å². The molecule has 1 aromatic rings. The molecule has 3 heterocycles. The van der Waals surface area contributed by atoms with Crippen LogP contribution in [0.3, 0.4) is 0 Å². The number of hydrogen-bond acceptors (Lipinski definition) is 7. The number of aliphatic hydroxyl groups is 1. The van der Waals surface area contributed by atoms with Crippen molar-refractivity contribution in [3.63, 3.8) is 0 Å². The Kier molecular flexibility index (Phi) is 7.09. The molecule has 9 heteroatoms. The molecular formula is C30H39N3O6. The SMILES string of the molecule is C=CCC1(C(C)CCC)C(=O)NC(=O)NC1=O.COc1ccc2c3c1O[C@H]1[C@@H](O)C=C[C@H]4[C@@H](C2)N(C)CC[C@@]341. The summed E-state index contributed by atoms with van der Waals surface area (Å²) in [4.78, 5) is 37.5. The van der Waals surface area contributed by atoms with Crippen LogP contribution in [-0.4, -0.2) is 66.8 Å². The molecule has 210 valence electrons. The van der Waals surface area contributed by atoms with E-state index in [-0.39, 0.29) is 23.9 Å². The zero-order valence-electron chi connectivity index (χ0n) is 23.2. The number of likely N-dealkylation sites (N-methyl/N-ethyl adjacent to an activating group) is 1. The van der Waals surface area contributed by atoms with Crippen molar-refractivity contribution in [2.75, 3.05) is 20.7 Å². The fraction of sp³-hybridized carbons (Fsp3) is 0.567. The number of piperidine rings is 1. The van der Waals surface area contributed by atoms with Gasteiger partial charge in [0, 0.05) is 22.9 Å². The lowest BCUT2D eigenvalue weighted by Crippen LogP contribution is -2.64. The van der Waals surface area contributed by atoms with Crippen LogP contribution in [-0.2, 0) is 21.4 Å². The molecule has 1 unspecified atom stereocenters. The van der Waals surface area contributed by atoms with Crippen LogP contribution in [0.15, 0.2) is 36.9 Å². The smallest absolute Gasteiger partial charge is 0.328 e. The highest BCUT2D eigenvalue weighted by Crippen LogP contribution is 2.62. The number of methoxy groups -OCH3 is 1. The van der Waals surface area contributed by atoms with E-state index in [2.05, 4.69) is 41.3 Å². The lowest BCUT2D eigenvalue weighted by molar-refractivity contribution is -0.148. The van der Waals surface area contributed by atoms with E-state index < -0.39 is 29.4 Å². The topological polar surface area (TPSA) is 117 Å². The highest BCUT2D eigenvalue weighted by atomic mass is 16.5. The van der Waals surface area contributed by atoms with Crippen molar-refractivity contribution in [3.8, 4) is 11.5 Å². The number of allylic oxidation sites excluding steroid dienone is 1. The van der Waals surface area contributed by atoms with Gasteiger partial charge < -0.3 is 19.5 Å². The summed E-state index contributed by atoms with van der Waals surface area (Å²) < 4.78 is 11.8. The Morgan fingerprint density at radius 1 is 1.26 bits per heavy atom. The first kappa shape index (κ1) is 27.4. The fourth-order valence-corrected chi connectivity index (χ4v) is 7.69. The summed E-state index contributed by atoms with van der Waals surface area (Å²) in [5, 5.41) is 14.9. The van der Waals surface area contributed by atoms with Gasteiger partial charge in [-0.15, -0.1) is 6.58 Å². The molecule has 2 saturated heterocycles. The van der Waals surface area contributed by atoms with E-state index in [0.717, 1.165) is 43.7 Å². The zero-order chi connectivity index (χ0) is 28.1.